The van der Waals surface area contributed by atoms with Gasteiger partial charge in [0.15, 0.2) is 0 Å². The van der Waals surface area contributed by atoms with Gasteiger partial charge in [-0.1, -0.05) is 22.0 Å². The third kappa shape index (κ3) is 2.52. The second kappa shape index (κ2) is 4.50. The number of aromatic nitrogens is 1. The highest BCUT2D eigenvalue weighted by atomic mass is 79.9. The molecule has 0 bridgehead atoms. The molecule has 0 aromatic carbocycles. The van der Waals surface area contributed by atoms with Crippen LogP contribution in [0.5, 0.6) is 0 Å². The van der Waals surface area contributed by atoms with Crippen LogP contribution in [0.4, 0.5) is 8.78 Å². The Balaban J connectivity index is 2.81. The van der Waals surface area contributed by atoms with E-state index in [-0.39, 0.29) is 5.69 Å². The molecule has 1 aromatic heterocycles. The molecule has 1 heterocycles. The Morgan fingerprint density at radius 1 is 1.42 bits per heavy atom. The Kier molecular flexibility index (Phi) is 3.59. The molecular formula is C8H8BrF2N. The molecule has 0 radical (unpaired) electrons. The zero-order valence-corrected chi connectivity index (χ0v) is 7.89. The summed E-state index contributed by atoms with van der Waals surface area (Å²) >= 11 is 3.22. The molecule has 0 saturated heterocycles. The van der Waals surface area contributed by atoms with Crippen molar-refractivity contribution in [1.29, 1.82) is 0 Å². The van der Waals surface area contributed by atoms with E-state index in [9.17, 15) is 8.78 Å². The number of hydrogen-bond acceptors (Lipinski definition) is 1. The summed E-state index contributed by atoms with van der Waals surface area (Å²) in [6.45, 7) is 0. The molecular weight excluding hydrogens is 228 g/mol. The van der Waals surface area contributed by atoms with Gasteiger partial charge in [0.1, 0.15) is 5.69 Å². The van der Waals surface area contributed by atoms with E-state index in [1.807, 2.05) is 0 Å². The van der Waals surface area contributed by atoms with Gasteiger partial charge in [0.25, 0.3) is 6.43 Å². The molecule has 12 heavy (non-hydrogen) atoms. The van der Waals surface area contributed by atoms with Crippen LogP contribution >= 0.6 is 15.9 Å². The minimum absolute atomic E-state index is 0.145. The fraction of sp³-hybridized carbons (Fsp3) is 0.375. The zero-order chi connectivity index (χ0) is 8.97. The lowest BCUT2D eigenvalue weighted by Crippen LogP contribution is -1.96. The van der Waals surface area contributed by atoms with Gasteiger partial charge in [-0.2, -0.15) is 0 Å². The van der Waals surface area contributed by atoms with Gasteiger partial charge < -0.3 is 0 Å². The molecule has 1 aromatic rings. The lowest BCUT2D eigenvalue weighted by molar-refractivity contribution is 0.146. The van der Waals surface area contributed by atoms with E-state index in [0.29, 0.717) is 12.1 Å². The van der Waals surface area contributed by atoms with Crippen LogP contribution in [0.15, 0.2) is 18.2 Å². The minimum atomic E-state index is -2.47. The highest BCUT2D eigenvalue weighted by Crippen LogP contribution is 2.16. The van der Waals surface area contributed by atoms with Crippen molar-refractivity contribution in [1.82, 2.24) is 4.98 Å². The van der Waals surface area contributed by atoms with Crippen molar-refractivity contribution in [3.8, 4) is 0 Å². The van der Waals surface area contributed by atoms with Crippen molar-refractivity contribution >= 4 is 15.9 Å². The summed E-state index contributed by atoms with van der Waals surface area (Å²) in [6, 6.07) is 4.68. The maximum absolute atomic E-state index is 12.1. The quantitative estimate of drug-likeness (QED) is 0.735. The third-order valence-corrected chi connectivity index (χ3v) is 1.80. The molecule has 0 atom stereocenters. The van der Waals surface area contributed by atoms with Gasteiger partial charge in [-0.25, -0.2) is 8.78 Å². The number of nitrogens with zero attached hydrogens (tertiary/aromatic N) is 1. The Morgan fingerprint density at radius 2 is 2.17 bits per heavy atom. The van der Waals surface area contributed by atoms with Crippen molar-refractivity contribution in [3.05, 3.63) is 29.6 Å². The Bertz CT molecular complexity index is 253. The van der Waals surface area contributed by atoms with E-state index >= 15 is 0 Å². The summed E-state index contributed by atoms with van der Waals surface area (Å²) in [7, 11) is 0. The highest BCUT2D eigenvalue weighted by molar-refractivity contribution is 9.09. The molecule has 0 fully saturated rings. The number of halogens is 3. The molecule has 0 saturated carbocycles. The van der Waals surface area contributed by atoms with Crippen LogP contribution in [0.2, 0.25) is 0 Å². The van der Waals surface area contributed by atoms with Gasteiger partial charge >= 0.3 is 0 Å². The number of alkyl halides is 3. The van der Waals surface area contributed by atoms with Gasteiger partial charge in [0.2, 0.25) is 0 Å². The number of rotatable bonds is 3. The Hall–Kier alpha value is -0.510. The van der Waals surface area contributed by atoms with Crippen molar-refractivity contribution < 1.29 is 8.78 Å². The molecule has 4 heteroatoms. The second-order valence-corrected chi connectivity index (χ2v) is 3.09. The third-order valence-electron chi connectivity index (χ3n) is 1.40. The summed E-state index contributed by atoms with van der Waals surface area (Å²) < 4.78 is 24.2. The predicted octanol–water partition coefficient (Wildman–Crippen LogP) is 2.96. The monoisotopic (exact) mass is 235 g/mol. The first-order valence-electron chi connectivity index (χ1n) is 3.54. The van der Waals surface area contributed by atoms with Crippen molar-refractivity contribution in [2.75, 3.05) is 5.33 Å². The van der Waals surface area contributed by atoms with Crippen LogP contribution in [0.1, 0.15) is 17.8 Å². The lowest BCUT2D eigenvalue weighted by atomic mass is 10.2. The molecule has 0 spiro atoms. The van der Waals surface area contributed by atoms with E-state index < -0.39 is 6.43 Å². The first kappa shape index (κ1) is 9.58. The van der Waals surface area contributed by atoms with Crippen molar-refractivity contribution in [2.24, 2.45) is 0 Å². The Morgan fingerprint density at radius 3 is 2.75 bits per heavy atom. The molecule has 0 N–H and O–H groups in total. The van der Waals surface area contributed by atoms with E-state index in [2.05, 4.69) is 20.9 Å². The van der Waals surface area contributed by atoms with E-state index in [0.717, 1.165) is 5.33 Å². The van der Waals surface area contributed by atoms with E-state index in [1.165, 1.54) is 6.07 Å². The van der Waals surface area contributed by atoms with Crippen LogP contribution in [0.25, 0.3) is 0 Å². The average Bonchev–Trinajstić information content (AvgIpc) is 2.05. The summed E-state index contributed by atoms with van der Waals surface area (Å²) in [4.78, 5) is 3.78. The van der Waals surface area contributed by atoms with Gasteiger partial charge in [-0.3, -0.25) is 4.98 Å². The van der Waals surface area contributed by atoms with Crippen LogP contribution in [-0.4, -0.2) is 10.3 Å². The van der Waals surface area contributed by atoms with Gasteiger partial charge in [-0.15, -0.1) is 0 Å². The number of pyridine rings is 1. The number of aryl methyl sites for hydroxylation is 1. The Labute approximate surface area is 77.9 Å². The van der Waals surface area contributed by atoms with Crippen LogP contribution in [0.3, 0.4) is 0 Å². The first-order chi connectivity index (χ1) is 5.74. The molecule has 0 amide bonds. The smallest absolute Gasteiger partial charge is 0.252 e. The van der Waals surface area contributed by atoms with Crippen molar-refractivity contribution in [3.63, 3.8) is 0 Å². The molecule has 1 rings (SSSR count). The molecule has 0 aliphatic carbocycles. The molecule has 0 unspecified atom stereocenters. The predicted molar refractivity (Wildman–Crippen MR) is 46.7 cm³/mol. The average molecular weight is 236 g/mol. The maximum Gasteiger partial charge on any atom is 0.280 e. The number of hydrogen-bond donors (Lipinski definition) is 0. The van der Waals surface area contributed by atoms with E-state index in [1.54, 1.807) is 12.1 Å². The first-order valence-corrected chi connectivity index (χ1v) is 4.66. The lowest BCUT2D eigenvalue weighted by Gasteiger charge is -2.00. The zero-order valence-electron chi connectivity index (χ0n) is 6.30. The molecule has 0 aliphatic heterocycles. The summed E-state index contributed by atoms with van der Waals surface area (Å²) in [5, 5.41) is 0.743. The van der Waals surface area contributed by atoms with E-state index in [4.69, 9.17) is 0 Å². The standard InChI is InChI=1S/C8H8BrF2N/c9-5-4-6-2-1-3-7(12-6)8(10)11/h1-3,8H,4-5H2. The normalized spacial score (nSPS) is 10.7. The van der Waals surface area contributed by atoms with Crippen LogP contribution in [0, 0.1) is 0 Å². The fourth-order valence-corrected chi connectivity index (χ4v) is 1.26. The molecule has 1 nitrogen and oxygen atoms in total. The largest absolute Gasteiger partial charge is 0.280 e. The maximum atomic E-state index is 12.1. The summed E-state index contributed by atoms with van der Waals surface area (Å²) in [6.07, 6.45) is -1.79. The minimum Gasteiger partial charge on any atom is -0.252 e. The SMILES string of the molecule is FC(F)c1cccc(CCBr)n1. The molecule has 0 aliphatic rings. The molecule has 66 valence electrons. The second-order valence-electron chi connectivity index (χ2n) is 2.29. The van der Waals surface area contributed by atoms with Gasteiger partial charge in [0, 0.05) is 11.0 Å². The van der Waals surface area contributed by atoms with Crippen LogP contribution < -0.4 is 0 Å². The highest BCUT2D eigenvalue weighted by Gasteiger charge is 2.07. The van der Waals surface area contributed by atoms with Crippen LogP contribution in [-0.2, 0) is 6.42 Å². The summed E-state index contributed by atoms with van der Waals surface area (Å²) in [5.74, 6) is 0. The van der Waals surface area contributed by atoms with Gasteiger partial charge in [0.05, 0.1) is 0 Å². The summed E-state index contributed by atoms with van der Waals surface area (Å²) in [5.41, 5.74) is 0.554. The van der Waals surface area contributed by atoms with Gasteiger partial charge in [-0.05, 0) is 18.6 Å². The fourth-order valence-electron chi connectivity index (χ4n) is 0.856. The topological polar surface area (TPSA) is 12.9 Å². The van der Waals surface area contributed by atoms with Crippen molar-refractivity contribution in [2.45, 2.75) is 12.8 Å².